The second-order valence-electron chi connectivity index (χ2n) is 7.61. The molecule has 0 radical (unpaired) electrons. The van der Waals surface area contributed by atoms with Crippen molar-refractivity contribution in [3.05, 3.63) is 65.0 Å². The van der Waals surface area contributed by atoms with Crippen molar-refractivity contribution in [1.82, 2.24) is 4.90 Å². The Kier molecular flexibility index (Phi) is 6.82. The highest BCUT2D eigenvalue weighted by molar-refractivity contribution is 5.94. The third-order valence-corrected chi connectivity index (χ3v) is 5.06. The van der Waals surface area contributed by atoms with Crippen LogP contribution in [-0.4, -0.2) is 42.4 Å². The van der Waals surface area contributed by atoms with Crippen molar-refractivity contribution in [1.29, 1.82) is 0 Å². The number of aryl methyl sites for hydroxylation is 2. The van der Waals surface area contributed by atoms with Crippen LogP contribution in [0.25, 0.3) is 0 Å². The summed E-state index contributed by atoms with van der Waals surface area (Å²) in [7, 11) is 0. The third kappa shape index (κ3) is 5.65. The molecule has 3 rings (SSSR count). The minimum atomic E-state index is -0.431. The third-order valence-electron chi connectivity index (χ3n) is 5.06. The van der Waals surface area contributed by atoms with Crippen molar-refractivity contribution in [2.75, 3.05) is 25.0 Å². The number of halogens is 1. The number of benzene rings is 2. The molecule has 0 saturated carbocycles. The van der Waals surface area contributed by atoms with Crippen molar-refractivity contribution in [3.8, 4) is 0 Å². The summed E-state index contributed by atoms with van der Waals surface area (Å²) >= 11 is 0. The molecule has 1 fully saturated rings. The SMILES string of the molecule is Cc1cc(C)cc(NC(=O)COC(=O)C2CCN(C(=O)c3ccc(F)cc3)CC2)c1. The monoisotopic (exact) mass is 412 g/mol. The summed E-state index contributed by atoms with van der Waals surface area (Å²) in [6, 6.07) is 11.1. The normalized spacial score (nSPS) is 14.3. The first kappa shape index (κ1) is 21.5. The van der Waals surface area contributed by atoms with Gasteiger partial charge < -0.3 is 15.0 Å². The van der Waals surface area contributed by atoms with Gasteiger partial charge in [-0.1, -0.05) is 6.07 Å². The number of carbonyl (C=O) groups excluding carboxylic acids is 3. The van der Waals surface area contributed by atoms with Crippen LogP contribution in [0.3, 0.4) is 0 Å². The van der Waals surface area contributed by atoms with Gasteiger partial charge in [0, 0.05) is 24.3 Å². The van der Waals surface area contributed by atoms with Gasteiger partial charge in [0.05, 0.1) is 5.92 Å². The standard InChI is InChI=1S/C23H25FN2O4/c1-15-11-16(2)13-20(12-15)25-21(27)14-30-23(29)18-7-9-26(10-8-18)22(28)17-3-5-19(24)6-4-17/h3-6,11-13,18H,7-10,14H2,1-2H3,(H,25,27). The lowest BCUT2D eigenvalue weighted by Gasteiger charge is -2.31. The van der Waals surface area contributed by atoms with Crippen molar-refractivity contribution in [3.63, 3.8) is 0 Å². The quantitative estimate of drug-likeness (QED) is 0.763. The lowest BCUT2D eigenvalue weighted by atomic mass is 9.96. The summed E-state index contributed by atoms with van der Waals surface area (Å²) in [6.07, 6.45) is 0.926. The molecule has 2 amide bonds. The van der Waals surface area contributed by atoms with Gasteiger partial charge in [-0.2, -0.15) is 0 Å². The number of carbonyl (C=O) groups is 3. The summed E-state index contributed by atoms with van der Waals surface area (Å²) in [4.78, 5) is 38.5. The number of nitrogens with zero attached hydrogens (tertiary/aromatic N) is 1. The molecule has 1 heterocycles. The molecule has 6 nitrogen and oxygen atoms in total. The number of esters is 1. The lowest BCUT2D eigenvalue weighted by molar-refractivity contribution is -0.152. The van der Waals surface area contributed by atoms with Crippen molar-refractivity contribution in [2.45, 2.75) is 26.7 Å². The summed E-state index contributed by atoms with van der Waals surface area (Å²) in [5.41, 5.74) is 3.15. The van der Waals surface area contributed by atoms with Gasteiger partial charge >= 0.3 is 5.97 Å². The first-order valence-corrected chi connectivity index (χ1v) is 9.91. The number of nitrogens with one attached hydrogen (secondary N) is 1. The molecule has 0 spiro atoms. The van der Waals surface area contributed by atoms with Crippen LogP contribution in [0.2, 0.25) is 0 Å². The number of hydrogen-bond acceptors (Lipinski definition) is 4. The van der Waals surface area contributed by atoms with Crippen LogP contribution in [0.4, 0.5) is 10.1 Å². The molecule has 0 unspecified atom stereocenters. The summed E-state index contributed by atoms with van der Waals surface area (Å²) in [5, 5.41) is 2.73. The van der Waals surface area contributed by atoms with E-state index in [1.165, 1.54) is 24.3 Å². The molecule has 0 aliphatic carbocycles. The second kappa shape index (κ2) is 9.52. The number of amides is 2. The van der Waals surface area contributed by atoms with E-state index < -0.39 is 17.7 Å². The molecule has 1 N–H and O–H groups in total. The first-order valence-electron chi connectivity index (χ1n) is 9.91. The van der Waals surface area contributed by atoms with Gasteiger partial charge in [-0.15, -0.1) is 0 Å². The maximum atomic E-state index is 13.0. The lowest BCUT2D eigenvalue weighted by Crippen LogP contribution is -2.41. The van der Waals surface area contributed by atoms with E-state index in [9.17, 15) is 18.8 Å². The molecule has 1 aliphatic rings. The Labute approximate surface area is 175 Å². The van der Waals surface area contributed by atoms with Gasteiger partial charge in [-0.25, -0.2) is 4.39 Å². The van der Waals surface area contributed by atoms with E-state index in [1.54, 1.807) is 4.90 Å². The van der Waals surface area contributed by atoms with Crippen LogP contribution in [0, 0.1) is 25.6 Å². The van der Waals surface area contributed by atoms with Gasteiger partial charge in [0.2, 0.25) is 0 Å². The number of ether oxygens (including phenoxy) is 1. The minimum Gasteiger partial charge on any atom is -0.455 e. The molecule has 0 atom stereocenters. The Morgan fingerprint density at radius 1 is 1.03 bits per heavy atom. The Balaban J connectivity index is 1.44. The summed E-state index contributed by atoms with van der Waals surface area (Å²) < 4.78 is 18.2. The fourth-order valence-corrected chi connectivity index (χ4v) is 3.59. The topological polar surface area (TPSA) is 75.7 Å². The molecule has 0 bridgehead atoms. The maximum absolute atomic E-state index is 13.0. The van der Waals surface area contributed by atoms with Crippen LogP contribution in [0.15, 0.2) is 42.5 Å². The number of piperidine rings is 1. The first-order chi connectivity index (χ1) is 14.3. The largest absolute Gasteiger partial charge is 0.455 e. The van der Waals surface area contributed by atoms with E-state index in [-0.39, 0.29) is 18.4 Å². The smallest absolute Gasteiger partial charge is 0.309 e. The Bertz CT molecular complexity index is 914. The summed E-state index contributed by atoms with van der Waals surface area (Å²) in [6.45, 7) is 4.35. The molecule has 0 aromatic heterocycles. The van der Waals surface area contributed by atoms with Crippen LogP contribution >= 0.6 is 0 Å². The highest BCUT2D eigenvalue weighted by atomic mass is 19.1. The molecule has 2 aromatic rings. The number of likely N-dealkylation sites (tertiary alicyclic amines) is 1. The van der Waals surface area contributed by atoms with Crippen LogP contribution < -0.4 is 5.32 Å². The molecule has 1 saturated heterocycles. The zero-order valence-electron chi connectivity index (χ0n) is 17.1. The Hall–Kier alpha value is -3.22. The zero-order chi connectivity index (χ0) is 21.7. The molecule has 2 aromatic carbocycles. The molecular weight excluding hydrogens is 387 g/mol. The minimum absolute atomic E-state index is 0.186. The van der Waals surface area contributed by atoms with Crippen molar-refractivity contribution < 1.29 is 23.5 Å². The van der Waals surface area contributed by atoms with E-state index in [4.69, 9.17) is 4.74 Å². The predicted molar refractivity (Wildman–Crippen MR) is 111 cm³/mol. The van der Waals surface area contributed by atoms with E-state index in [1.807, 2.05) is 32.0 Å². The van der Waals surface area contributed by atoms with Gasteiger partial charge in [-0.05, 0) is 74.2 Å². The van der Waals surface area contributed by atoms with E-state index in [0.29, 0.717) is 37.2 Å². The summed E-state index contributed by atoms with van der Waals surface area (Å²) in [5.74, 6) is -1.75. The Morgan fingerprint density at radius 3 is 2.23 bits per heavy atom. The van der Waals surface area contributed by atoms with Crippen LogP contribution in [0.5, 0.6) is 0 Å². The van der Waals surface area contributed by atoms with Gasteiger partial charge in [0.15, 0.2) is 6.61 Å². The highest BCUT2D eigenvalue weighted by Crippen LogP contribution is 2.21. The van der Waals surface area contributed by atoms with Crippen LogP contribution in [0.1, 0.15) is 34.3 Å². The zero-order valence-corrected chi connectivity index (χ0v) is 17.1. The van der Waals surface area contributed by atoms with Gasteiger partial charge in [0.1, 0.15) is 5.82 Å². The van der Waals surface area contributed by atoms with Gasteiger partial charge in [-0.3, -0.25) is 14.4 Å². The van der Waals surface area contributed by atoms with E-state index in [2.05, 4.69) is 5.32 Å². The number of anilines is 1. The van der Waals surface area contributed by atoms with Crippen molar-refractivity contribution in [2.24, 2.45) is 5.92 Å². The Morgan fingerprint density at radius 2 is 1.63 bits per heavy atom. The predicted octanol–water partition coefficient (Wildman–Crippen LogP) is 3.48. The molecule has 30 heavy (non-hydrogen) atoms. The molecule has 7 heteroatoms. The van der Waals surface area contributed by atoms with Crippen molar-refractivity contribution >= 4 is 23.5 Å². The van der Waals surface area contributed by atoms with Crippen LogP contribution in [-0.2, 0) is 14.3 Å². The highest BCUT2D eigenvalue weighted by Gasteiger charge is 2.29. The molecule has 1 aliphatic heterocycles. The second-order valence-corrected chi connectivity index (χ2v) is 7.61. The van der Waals surface area contributed by atoms with E-state index in [0.717, 1.165) is 11.1 Å². The maximum Gasteiger partial charge on any atom is 0.309 e. The number of rotatable bonds is 5. The average Bonchev–Trinajstić information content (AvgIpc) is 2.71. The number of hydrogen-bond donors (Lipinski definition) is 1. The molecular formula is C23H25FN2O4. The fraction of sp³-hybridized carbons (Fsp3) is 0.348. The van der Waals surface area contributed by atoms with Gasteiger partial charge in [0.25, 0.3) is 11.8 Å². The molecule has 158 valence electrons. The van der Waals surface area contributed by atoms with E-state index >= 15 is 0 Å². The average molecular weight is 412 g/mol. The fourth-order valence-electron chi connectivity index (χ4n) is 3.59.